The summed E-state index contributed by atoms with van der Waals surface area (Å²) in [6.45, 7) is 12.9. The number of halogens is 2. The molecule has 0 unspecified atom stereocenters. The number of benzene rings is 1. The summed E-state index contributed by atoms with van der Waals surface area (Å²) >= 11 is 0. The minimum Gasteiger partial charge on any atom is -0.450 e. The van der Waals surface area contributed by atoms with Gasteiger partial charge in [-0.2, -0.15) is 0 Å². The van der Waals surface area contributed by atoms with Crippen LogP contribution in [-0.2, 0) is 22.7 Å². The van der Waals surface area contributed by atoms with Crippen LogP contribution in [0.3, 0.4) is 0 Å². The first kappa shape index (κ1) is 26.6. The van der Waals surface area contributed by atoms with Crippen molar-refractivity contribution in [2.75, 3.05) is 6.61 Å². The number of carbonyl (C=O) groups is 1. The van der Waals surface area contributed by atoms with Crippen molar-refractivity contribution < 1.29 is 27.8 Å². The van der Waals surface area contributed by atoms with Gasteiger partial charge in [-0.05, 0) is 56.6 Å². The molecule has 35 heavy (non-hydrogen) atoms. The van der Waals surface area contributed by atoms with Gasteiger partial charge in [-0.3, -0.25) is 0 Å². The molecule has 0 saturated heterocycles. The quantitative estimate of drug-likeness (QED) is 0.267. The molecule has 0 aliphatic rings. The van der Waals surface area contributed by atoms with Crippen LogP contribution >= 0.6 is 0 Å². The second kappa shape index (κ2) is 10.7. The number of hydrogen-bond donors (Lipinski definition) is 1. The minimum absolute atomic E-state index is 0.0942. The Labute approximate surface area is 205 Å². The molecule has 7 nitrogen and oxygen atoms in total. The van der Waals surface area contributed by atoms with E-state index in [0.717, 1.165) is 18.2 Å². The van der Waals surface area contributed by atoms with E-state index < -0.39 is 37.2 Å². The van der Waals surface area contributed by atoms with Crippen LogP contribution < -0.4 is 10.1 Å². The number of aromatic nitrogens is 2. The summed E-state index contributed by atoms with van der Waals surface area (Å²) in [5.74, 6) is -2.03. The second-order valence-electron chi connectivity index (χ2n) is 10.5. The van der Waals surface area contributed by atoms with E-state index in [-0.39, 0.29) is 17.9 Å². The molecule has 0 saturated carbocycles. The van der Waals surface area contributed by atoms with Gasteiger partial charge in [0.05, 0.1) is 5.39 Å². The fourth-order valence-electron chi connectivity index (χ4n) is 3.21. The van der Waals surface area contributed by atoms with Crippen LogP contribution in [0.1, 0.15) is 26.3 Å². The fraction of sp³-hybridized carbons (Fsp3) is 0.440. The average molecular weight is 506 g/mol. The van der Waals surface area contributed by atoms with Crippen molar-refractivity contribution in [3.63, 3.8) is 0 Å². The van der Waals surface area contributed by atoms with E-state index in [9.17, 15) is 13.6 Å². The zero-order chi connectivity index (χ0) is 25.8. The van der Waals surface area contributed by atoms with Crippen LogP contribution in [0.4, 0.5) is 13.6 Å². The number of pyridine rings is 1. The van der Waals surface area contributed by atoms with Crippen molar-refractivity contribution in [1.82, 2.24) is 14.9 Å². The third-order valence-electron chi connectivity index (χ3n) is 4.95. The normalized spacial score (nSPS) is 12.1. The van der Waals surface area contributed by atoms with Gasteiger partial charge in [0.2, 0.25) is 0 Å². The van der Waals surface area contributed by atoms with E-state index in [4.69, 9.17) is 14.2 Å². The van der Waals surface area contributed by atoms with Crippen molar-refractivity contribution in [2.24, 2.45) is 0 Å². The molecule has 1 aromatic carbocycles. The first-order chi connectivity index (χ1) is 16.3. The van der Waals surface area contributed by atoms with Crippen molar-refractivity contribution in [3.8, 4) is 11.5 Å². The molecule has 1 amide bonds. The average Bonchev–Trinajstić information content (AvgIpc) is 3.14. The number of nitrogens with zero attached hydrogens (tertiary/aromatic N) is 2. The van der Waals surface area contributed by atoms with Gasteiger partial charge in [-0.1, -0.05) is 19.6 Å². The van der Waals surface area contributed by atoms with E-state index >= 15 is 0 Å². The fourth-order valence-corrected chi connectivity index (χ4v) is 3.97. The predicted octanol–water partition coefficient (Wildman–Crippen LogP) is 6.44. The molecule has 3 aromatic rings. The maximum Gasteiger partial charge on any atom is 0.407 e. The number of amides is 1. The summed E-state index contributed by atoms with van der Waals surface area (Å²) in [4.78, 5) is 16.2. The Hall–Kier alpha value is -2.98. The van der Waals surface area contributed by atoms with Crippen LogP contribution in [0.5, 0.6) is 11.5 Å². The lowest BCUT2D eigenvalue weighted by Crippen LogP contribution is -2.32. The topological polar surface area (TPSA) is 74.6 Å². The lowest BCUT2D eigenvalue weighted by Gasteiger charge is -2.19. The number of ether oxygens (including phenoxy) is 3. The molecule has 0 bridgehead atoms. The largest absolute Gasteiger partial charge is 0.450 e. The van der Waals surface area contributed by atoms with Crippen molar-refractivity contribution in [3.05, 3.63) is 53.9 Å². The highest BCUT2D eigenvalue weighted by Crippen LogP contribution is 2.33. The summed E-state index contributed by atoms with van der Waals surface area (Å²) < 4.78 is 47.9. The molecule has 0 aliphatic carbocycles. The third-order valence-corrected chi connectivity index (χ3v) is 6.66. The predicted molar refractivity (Wildman–Crippen MR) is 133 cm³/mol. The molecule has 0 radical (unpaired) electrons. The highest BCUT2D eigenvalue weighted by atomic mass is 28.3. The lowest BCUT2D eigenvalue weighted by molar-refractivity contribution is 0.0523. The summed E-state index contributed by atoms with van der Waals surface area (Å²) in [7, 11) is -1.19. The molecular formula is C25H33F2N3O4Si. The number of rotatable bonds is 9. The van der Waals surface area contributed by atoms with Crippen LogP contribution in [0.2, 0.25) is 25.7 Å². The Balaban J connectivity index is 1.70. The Morgan fingerprint density at radius 3 is 2.46 bits per heavy atom. The molecule has 1 N–H and O–H groups in total. The summed E-state index contributed by atoms with van der Waals surface area (Å²) in [6, 6.07) is 6.61. The van der Waals surface area contributed by atoms with Crippen LogP contribution in [0, 0.1) is 11.6 Å². The molecule has 0 spiro atoms. The molecule has 190 valence electrons. The lowest BCUT2D eigenvalue weighted by atomic mass is 10.2. The highest BCUT2D eigenvalue weighted by molar-refractivity contribution is 6.76. The van der Waals surface area contributed by atoms with Gasteiger partial charge < -0.3 is 24.1 Å². The number of fused-ring (bicyclic) bond motifs is 1. The molecule has 0 atom stereocenters. The van der Waals surface area contributed by atoms with E-state index in [1.54, 1.807) is 39.1 Å². The number of alkyl carbamates (subject to hydrolysis) is 1. The van der Waals surface area contributed by atoms with Crippen molar-refractivity contribution >= 4 is 25.2 Å². The van der Waals surface area contributed by atoms with Crippen LogP contribution in [-0.4, -0.2) is 35.9 Å². The van der Waals surface area contributed by atoms with E-state index in [1.165, 1.54) is 6.20 Å². The van der Waals surface area contributed by atoms with Gasteiger partial charge >= 0.3 is 6.09 Å². The van der Waals surface area contributed by atoms with Gasteiger partial charge in [-0.15, -0.1) is 0 Å². The highest BCUT2D eigenvalue weighted by Gasteiger charge is 2.19. The zero-order valence-electron chi connectivity index (χ0n) is 21.1. The maximum absolute atomic E-state index is 14.8. The minimum atomic E-state index is -1.19. The number of carbonyl (C=O) groups excluding carboxylic acids is 1. The molecular weight excluding hydrogens is 472 g/mol. The third kappa shape index (κ3) is 7.76. The molecule has 10 heteroatoms. The first-order valence-corrected chi connectivity index (χ1v) is 15.2. The Morgan fingerprint density at radius 2 is 1.83 bits per heavy atom. The maximum atomic E-state index is 14.8. The summed E-state index contributed by atoms with van der Waals surface area (Å²) in [5.41, 5.74) is 0.155. The molecule has 3 rings (SSSR count). The Bertz CT molecular complexity index is 1160. The Morgan fingerprint density at radius 1 is 1.14 bits per heavy atom. The second-order valence-corrected chi connectivity index (χ2v) is 16.1. The van der Waals surface area contributed by atoms with E-state index in [2.05, 4.69) is 29.9 Å². The van der Waals surface area contributed by atoms with Gasteiger partial charge in [-0.25, -0.2) is 18.6 Å². The first-order valence-electron chi connectivity index (χ1n) is 11.5. The van der Waals surface area contributed by atoms with Gasteiger partial charge in [0.15, 0.2) is 17.4 Å². The standard InChI is InChI=1S/C25H33F2N3O4Si/c1-25(2,3)34-24(31)29-15-17-13-19(26)22(20(27)14-17)33-21-7-9-28-23-18(21)8-10-30(23)16-32-11-12-35(4,5)6/h7-10,13-14H,11-12,15-16H2,1-6H3,(H,29,31). The van der Waals surface area contributed by atoms with Crippen LogP contribution in [0.25, 0.3) is 11.0 Å². The summed E-state index contributed by atoms with van der Waals surface area (Å²) in [5, 5.41) is 3.09. The van der Waals surface area contributed by atoms with Gasteiger partial charge in [0.1, 0.15) is 23.7 Å². The SMILES string of the molecule is CC(C)(C)OC(=O)NCc1cc(F)c(Oc2ccnc3c2ccn3COCC[Si](C)(C)C)c(F)c1. The van der Waals surface area contributed by atoms with Crippen molar-refractivity contribution in [2.45, 2.75) is 65.3 Å². The van der Waals surface area contributed by atoms with E-state index in [1.807, 2.05) is 4.57 Å². The molecule has 2 aromatic heterocycles. The number of hydrogen-bond acceptors (Lipinski definition) is 5. The smallest absolute Gasteiger partial charge is 0.407 e. The van der Waals surface area contributed by atoms with Gasteiger partial charge in [0.25, 0.3) is 0 Å². The van der Waals surface area contributed by atoms with Gasteiger partial charge in [0, 0.05) is 33.6 Å². The zero-order valence-corrected chi connectivity index (χ0v) is 22.1. The monoisotopic (exact) mass is 505 g/mol. The van der Waals surface area contributed by atoms with Crippen molar-refractivity contribution in [1.29, 1.82) is 0 Å². The molecule has 0 fully saturated rings. The van der Waals surface area contributed by atoms with E-state index in [0.29, 0.717) is 24.4 Å². The number of nitrogens with one attached hydrogen (secondary N) is 1. The molecule has 2 heterocycles. The molecule has 0 aliphatic heterocycles. The summed E-state index contributed by atoms with van der Waals surface area (Å²) in [6.07, 6.45) is 2.65. The van der Waals surface area contributed by atoms with Crippen LogP contribution in [0.15, 0.2) is 36.7 Å². The Kier molecular flexibility index (Phi) is 8.17.